The highest BCUT2D eigenvalue weighted by atomic mass is 79.9. The number of amides is 2. The topological polar surface area (TPSA) is 96.0 Å². The molecule has 0 heterocycles. The van der Waals surface area contributed by atoms with Crippen LogP contribution in [0, 0.1) is 0 Å². The van der Waals surface area contributed by atoms with Crippen molar-refractivity contribution in [1.82, 2.24) is 10.2 Å². The minimum atomic E-state index is -4.30. The Morgan fingerprint density at radius 1 is 0.891 bits per heavy atom. The van der Waals surface area contributed by atoms with E-state index >= 15 is 0 Å². The number of sulfonamides is 1. The second-order valence-electron chi connectivity index (χ2n) is 10.5. The molecule has 0 aliphatic rings. The fraction of sp³-hybridized carbons (Fsp3) is 0.257. The number of carbonyl (C=O) groups excluding carboxylic acids is 2. The number of carbonyl (C=O) groups is 2. The lowest BCUT2D eigenvalue weighted by atomic mass is 10.0. The molecule has 0 saturated heterocycles. The van der Waals surface area contributed by atoms with Crippen LogP contribution in [0.15, 0.2) is 112 Å². The zero-order valence-electron chi connectivity index (χ0n) is 25.7. The predicted molar refractivity (Wildman–Crippen MR) is 186 cm³/mol. The van der Waals surface area contributed by atoms with E-state index in [1.165, 1.54) is 29.2 Å². The van der Waals surface area contributed by atoms with Gasteiger partial charge in [0.25, 0.3) is 10.0 Å². The number of ether oxygens (including phenoxy) is 1. The molecule has 1 atom stereocenters. The first-order valence-corrected chi connectivity index (χ1v) is 17.6. The highest BCUT2D eigenvalue weighted by Gasteiger charge is 2.35. The van der Waals surface area contributed by atoms with Crippen LogP contribution in [-0.4, -0.2) is 50.9 Å². The molecule has 0 spiro atoms. The molecule has 0 aromatic heterocycles. The summed E-state index contributed by atoms with van der Waals surface area (Å²) in [5.41, 5.74) is 1.83. The maximum absolute atomic E-state index is 14.6. The lowest BCUT2D eigenvalue weighted by molar-refractivity contribution is -0.140. The molecule has 0 unspecified atom stereocenters. The number of anilines is 1. The number of halogens is 2. The molecule has 2 amide bonds. The minimum absolute atomic E-state index is 0.0453. The van der Waals surface area contributed by atoms with Crippen LogP contribution in [-0.2, 0) is 32.6 Å². The summed E-state index contributed by atoms with van der Waals surface area (Å²) in [4.78, 5) is 29.8. The molecule has 4 aromatic carbocycles. The number of benzene rings is 4. The zero-order valence-corrected chi connectivity index (χ0v) is 28.9. The van der Waals surface area contributed by atoms with E-state index in [0.717, 1.165) is 19.9 Å². The monoisotopic (exact) mass is 725 g/mol. The average Bonchev–Trinajstić information content (AvgIpc) is 3.05. The van der Waals surface area contributed by atoms with Gasteiger partial charge >= 0.3 is 0 Å². The molecule has 0 saturated carbocycles. The van der Waals surface area contributed by atoms with Crippen molar-refractivity contribution in [2.45, 2.75) is 44.2 Å². The smallest absolute Gasteiger partial charge is 0.264 e. The summed E-state index contributed by atoms with van der Waals surface area (Å²) in [6, 6.07) is 28.4. The van der Waals surface area contributed by atoms with Gasteiger partial charge in [-0.05, 0) is 73.0 Å². The number of nitrogens with zero attached hydrogens (tertiary/aromatic N) is 2. The largest absolute Gasteiger partial charge is 0.492 e. The first-order chi connectivity index (χ1) is 22.1. The molecule has 8 nitrogen and oxygen atoms in total. The van der Waals surface area contributed by atoms with Crippen molar-refractivity contribution in [3.05, 3.63) is 124 Å². The van der Waals surface area contributed by atoms with Crippen molar-refractivity contribution >= 4 is 55.1 Å². The van der Waals surface area contributed by atoms with E-state index < -0.39 is 28.5 Å². The fourth-order valence-corrected chi connectivity index (χ4v) is 6.94. The van der Waals surface area contributed by atoms with E-state index in [4.69, 9.17) is 16.3 Å². The maximum Gasteiger partial charge on any atom is 0.264 e. The number of hydrogen-bond donors (Lipinski definition) is 1. The fourth-order valence-electron chi connectivity index (χ4n) is 4.94. The number of para-hydroxylation sites is 2. The van der Waals surface area contributed by atoms with Crippen LogP contribution in [0.4, 0.5) is 5.69 Å². The number of rotatable bonds is 15. The van der Waals surface area contributed by atoms with E-state index in [0.29, 0.717) is 23.7 Å². The van der Waals surface area contributed by atoms with Crippen LogP contribution in [0.5, 0.6) is 5.75 Å². The van der Waals surface area contributed by atoms with Crippen LogP contribution >= 0.6 is 27.5 Å². The van der Waals surface area contributed by atoms with Crippen molar-refractivity contribution in [3.63, 3.8) is 0 Å². The summed E-state index contributed by atoms with van der Waals surface area (Å²) < 4.78 is 36.2. The highest BCUT2D eigenvalue weighted by molar-refractivity contribution is 9.10. The molecule has 1 N–H and O–H groups in total. The standard InChI is InChI=1S/C35H37BrClN3O5S/c1-3-21-38-35(42)32(23-26-11-6-5-7-12-26)39(24-27-13-10-14-28(36)22-27)34(41)25-40(31-15-8-9-16-33(31)45-4-2)46(43,44)30-19-17-29(37)18-20-30/h5-20,22,32H,3-4,21,23-25H2,1-2H3,(H,38,42)/t32-/m1/s1. The van der Waals surface area contributed by atoms with Crippen LogP contribution in [0.1, 0.15) is 31.4 Å². The van der Waals surface area contributed by atoms with Crippen molar-refractivity contribution < 1.29 is 22.7 Å². The molecular formula is C35H37BrClN3O5S. The second kappa shape index (κ2) is 16.6. The minimum Gasteiger partial charge on any atom is -0.492 e. The molecular weight excluding hydrogens is 690 g/mol. The van der Waals surface area contributed by atoms with Gasteiger partial charge in [-0.15, -0.1) is 0 Å². The van der Waals surface area contributed by atoms with Gasteiger partial charge < -0.3 is 15.0 Å². The van der Waals surface area contributed by atoms with Crippen molar-refractivity contribution in [3.8, 4) is 5.75 Å². The summed E-state index contributed by atoms with van der Waals surface area (Å²) in [6.45, 7) is 3.94. The van der Waals surface area contributed by atoms with Gasteiger partial charge in [-0.25, -0.2) is 8.42 Å². The Balaban J connectivity index is 1.83. The third-order valence-corrected chi connectivity index (χ3v) is 9.70. The summed E-state index contributed by atoms with van der Waals surface area (Å²) >= 11 is 9.58. The lowest BCUT2D eigenvalue weighted by Crippen LogP contribution is -2.53. The van der Waals surface area contributed by atoms with Crippen molar-refractivity contribution in [2.75, 3.05) is 24.0 Å². The first-order valence-electron chi connectivity index (χ1n) is 15.0. The molecule has 4 aromatic rings. The van der Waals surface area contributed by atoms with Gasteiger partial charge in [0, 0.05) is 29.0 Å². The Hall–Kier alpha value is -3.86. The third-order valence-electron chi connectivity index (χ3n) is 7.18. The van der Waals surface area contributed by atoms with Crippen LogP contribution in [0.2, 0.25) is 5.02 Å². The Kier molecular flexibility index (Phi) is 12.7. The molecule has 0 radical (unpaired) electrons. The zero-order chi connectivity index (χ0) is 33.1. The molecule has 4 rings (SSSR count). The van der Waals surface area contributed by atoms with E-state index in [2.05, 4.69) is 21.2 Å². The summed E-state index contributed by atoms with van der Waals surface area (Å²) in [5.74, 6) is -0.581. The van der Waals surface area contributed by atoms with Gasteiger partial charge in [-0.1, -0.05) is 89.1 Å². The van der Waals surface area contributed by atoms with Gasteiger partial charge in [-0.2, -0.15) is 0 Å². The van der Waals surface area contributed by atoms with Gasteiger partial charge in [-0.3, -0.25) is 13.9 Å². The summed E-state index contributed by atoms with van der Waals surface area (Å²) in [5, 5.41) is 3.32. The highest BCUT2D eigenvalue weighted by Crippen LogP contribution is 2.33. The second-order valence-corrected chi connectivity index (χ2v) is 13.7. The summed E-state index contributed by atoms with van der Waals surface area (Å²) in [7, 11) is -4.30. The Bertz CT molecular complexity index is 1720. The van der Waals surface area contributed by atoms with E-state index in [-0.39, 0.29) is 36.1 Å². The van der Waals surface area contributed by atoms with E-state index in [1.54, 1.807) is 31.2 Å². The molecule has 242 valence electrons. The van der Waals surface area contributed by atoms with Gasteiger partial charge in [0.1, 0.15) is 18.3 Å². The van der Waals surface area contributed by atoms with E-state index in [1.807, 2.05) is 61.5 Å². The number of hydrogen-bond acceptors (Lipinski definition) is 5. The molecule has 11 heteroatoms. The SMILES string of the molecule is CCCNC(=O)[C@@H](Cc1ccccc1)N(Cc1cccc(Br)c1)C(=O)CN(c1ccccc1OCC)S(=O)(=O)c1ccc(Cl)cc1. The lowest BCUT2D eigenvalue weighted by Gasteiger charge is -2.34. The predicted octanol–water partition coefficient (Wildman–Crippen LogP) is 6.86. The van der Waals surface area contributed by atoms with Crippen LogP contribution in [0.3, 0.4) is 0 Å². The van der Waals surface area contributed by atoms with Gasteiger partial charge in [0.05, 0.1) is 17.2 Å². The normalized spacial score (nSPS) is 11.8. The van der Waals surface area contributed by atoms with Crippen molar-refractivity contribution in [1.29, 1.82) is 0 Å². The maximum atomic E-state index is 14.6. The third kappa shape index (κ3) is 9.11. The molecule has 0 bridgehead atoms. The Morgan fingerprint density at radius 3 is 2.24 bits per heavy atom. The Morgan fingerprint density at radius 2 is 1.57 bits per heavy atom. The summed E-state index contributed by atoms with van der Waals surface area (Å²) in [6.07, 6.45) is 0.945. The Labute approximate surface area is 284 Å². The first kappa shape index (κ1) is 35.0. The number of nitrogens with one attached hydrogen (secondary N) is 1. The molecule has 46 heavy (non-hydrogen) atoms. The van der Waals surface area contributed by atoms with Crippen LogP contribution in [0.25, 0.3) is 0 Å². The average molecular weight is 727 g/mol. The molecule has 0 aliphatic carbocycles. The van der Waals surface area contributed by atoms with Crippen molar-refractivity contribution in [2.24, 2.45) is 0 Å². The van der Waals surface area contributed by atoms with Gasteiger partial charge in [0.15, 0.2) is 0 Å². The quantitative estimate of drug-likeness (QED) is 0.145. The van der Waals surface area contributed by atoms with E-state index in [9.17, 15) is 18.0 Å². The van der Waals surface area contributed by atoms with Gasteiger partial charge in [0.2, 0.25) is 11.8 Å². The molecule has 0 fully saturated rings. The molecule has 0 aliphatic heterocycles. The van der Waals surface area contributed by atoms with Crippen LogP contribution < -0.4 is 14.4 Å².